The molecule has 0 aliphatic carbocycles. The van der Waals surface area contributed by atoms with Crippen LogP contribution in [0.3, 0.4) is 0 Å². The van der Waals surface area contributed by atoms with Gasteiger partial charge in [-0.05, 0) is 12.8 Å². The smallest absolute Gasteiger partial charge is 0.309 e. The van der Waals surface area contributed by atoms with Crippen molar-refractivity contribution in [2.75, 3.05) is 13.7 Å². The lowest BCUT2D eigenvalue weighted by atomic mass is 10.0. The zero-order valence-electron chi connectivity index (χ0n) is 7.13. The predicted octanol–water partition coefficient (Wildman–Crippen LogP) is 0.0757. The van der Waals surface area contributed by atoms with Crippen LogP contribution in [0.2, 0.25) is 0 Å². The fraction of sp³-hybridized carbons (Fsp3) is 0.750. The summed E-state index contributed by atoms with van der Waals surface area (Å²) >= 11 is 0. The van der Waals surface area contributed by atoms with Crippen molar-refractivity contribution in [3.63, 3.8) is 0 Å². The second kappa shape index (κ2) is 4.09. The van der Waals surface area contributed by atoms with Gasteiger partial charge in [0.1, 0.15) is 0 Å². The molecule has 1 aliphatic rings. The fourth-order valence-electron chi connectivity index (χ4n) is 1.34. The molecule has 0 unspecified atom stereocenters. The third-order valence-electron chi connectivity index (χ3n) is 2.02. The predicted molar refractivity (Wildman–Crippen MR) is 42.4 cm³/mol. The molecule has 4 nitrogen and oxygen atoms in total. The lowest BCUT2D eigenvalue weighted by Gasteiger charge is -2.08. The quantitative estimate of drug-likeness (QED) is 0.568. The highest BCUT2D eigenvalue weighted by atomic mass is 16.5. The summed E-state index contributed by atoms with van der Waals surface area (Å²) < 4.78 is 4.57. The van der Waals surface area contributed by atoms with Crippen molar-refractivity contribution in [1.29, 1.82) is 0 Å². The Hall–Kier alpha value is -1.06. The van der Waals surface area contributed by atoms with Crippen molar-refractivity contribution in [3.05, 3.63) is 0 Å². The van der Waals surface area contributed by atoms with Gasteiger partial charge in [0, 0.05) is 13.0 Å². The monoisotopic (exact) mass is 171 g/mol. The molecule has 4 heteroatoms. The average molecular weight is 171 g/mol. The number of carbonyl (C=O) groups excluding carboxylic acids is 2. The van der Waals surface area contributed by atoms with Gasteiger partial charge in [-0.25, -0.2) is 0 Å². The molecule has 1 fully saturated rings. The highest BCUT2D eigenvalue weighted by molar-refractivity contribution is 5.83. The van der Waals surface area contributed by atoms with Gasteiger partial charge in [0.2, 0.25) is 5.91 Å². The maximum atomic E-state index is 11.1. The van der Waals surface area contributed by atoms with E-state index in [2.05, 4.69) is 10.1 Å². The van der Waals surface area contributed by atoms with Gasteiger partial charge in [-0.3, -0.25) is 9.59 Å². The van der Waals surface area contributed by atoms with E-state index in [0.29, 0.717) is 6.54 Å². The molecule has 0 aromatic heterocycles. The number of nitrogens with one attached hydrogen (secondary N) is 1. The van der Waals surface area contributed by atoms with Gasteiger partial charge >= 0.3 is 5.97 Å². The van der Waals surface area contributed by atoms with Gasteiger partial charge < -0.3 is 10.1 Å². The van der Waals surface area contributed by atoms with Crippen LogP contribution in [0.4, 0.5) is 0 Å². The van der Waals surface area contributed by atoms with Crippen molar-refractivity contribution in [2.45, 2.75) is 19.3 Å². The number of hydrogen-bond donors (Lipinski definition) is 1. The summed E-state index contributed by atoms with van der Waals surface area (Å²) in [4.78, 5) is 22.1. The van der Waals surface area contributed by atoms with Gasteiger partial charge in [0.15, 0.2) is 0 Å². The average Bonchev–Trinajstić information content (AvgIpc) is 2.28. The standard InChI is InChI=1S/C8H13NO3/c1-12-8(11)6-3-2-4-9-7(10)5-6/h6H,2-5H2,1H3,(H,9,10)/t6-/m0/s1. The molecule has 1 saturated heterocycles. The van der Waals surface area contributed by atoms with E-state index in [0.717, 1.165) is 12.8 Å². The Morgan fingerprint density at radius 2 is 2.42 bits per heavy atom. The van der Waals surface area contributed by atoms with Gasteiger partial charge in [0.05, 0.1) is 13.0 Å². The number of amides is 1. The summed E-state index contributed by atoms with van der Waals surface area (Å²) in [5, 5.41) is 2.71. The third-order valence-corrected chi connectivity index (χ3v) is 2.02. The largest absolute Gasteiger partial charge is 0.469 e. The molecule has 1 rings (SSSR count). The van der Waals surface area contributed by atoms with E-state index in [1.165, 1.54) is 7.11 Å². The van der Waals surface area contributed by atoms with Crippen LogP contribution in [0, 0.1) is 5.92 Å². The number of rotatable bonds is 1. The first kappa shape index (κ1) is 9.03. The minimum absolute atomic E-state index is 0.0529. The molecule has 68 valence electrons. The number of esters is 1. The Labute approximate surface area is 71.3 Å². The number of methoxy groups -OCH3 is 1. The first-order valence-electron chi connectivity index (χ1n) is 4.08. The van der Waals surface area contributed by atoms with Gasteiger partial charge in [-0.15, -0.1) is 0 Å². The van der Waals surface area contributed by atoms with Crippen LogP contribution < -0.4 is 5.32 Å². The van der Waals surface area contributed by atoms with E-state index in [-0.39, 0.29) is 24.2 Å². The molecule has 1 atom stereocenters. The molecule has 1 N–H and O–H groups in total. The fourth-order valence-corrected chi connectivity index (χ4v) is 1.34. The van der Waals surface area contributed by atoms with Crippen LogP contribution in [0.5, 0.6) is 0 Å². The lowest BCUT2D eigenvalue weighted by Crippen LogP contribution is -2.24. The van der Waals surface area contributed by atoms with E-state index in [9.17, 15) is 9.59 Å². The zero-order chi connectivity index (χ0) is 8.97. The number of hydrogen-bond acceptors (Lipinski definition) is 3. The van der Waals surface area contributed by atoms with Crippen LogP contribution in [0.25, 0.3) is 0 Å². The molecular weight excluding hydrogens is 158 g/mol. The summed E-state index contributed by atoms with van der Waals surface area (Å²) in [7, 11) is 1.35. The molecule has 0 radical (unpaired) electrons. The minimum atomic E-state index is -0.271. The van der Waals surface area contributed by atoms with Crippen molar-refractivity contribution in [1.82, 2.24) is 5.32 Å². The molecule has 0 aromatic rings. The Morgan fingerprint density at radius 1 is 1.67 bits per heavy atom. The van der Waals surface area contributed by atoms with Crippen molar-refractivity contribution in [3.8, 4) is 0 Å². The minimum Gasteiger partial charge on any atom is -0.469 e. The normalized spacial score (nSPS) is 24.1. The second-order valence-electron chi connectivity index (χ2n) is 2.92. The van der Waals surface area contributed by atoms with Crippen LogP contribution in [0.1, 0.15) is 19.3 Å². The molecule has 12 heavy (non-hydrogen) atoms. The zero-order valence-corrected chi connectivity index (χ0v) is 7.13. The first-order valence-corrected chi connectivity index (χ1v) is 4.08. The summed E-state index contributed by atoms with van der Waals surface area (Å²) in [6.45, 7) is 0.673. The molecule has 0 aromatic carbocycles. The summed E-state index contributed by atoms with van der Waals surface area (Å²) in [5.41, 5.74) is 0. The molecule has 0 spiro atoms. The van der Waals surface area contributed by atoms with E-state index in [1.807, 2.05) is 0 Å². The highest BCUT2D eigenvalue weighted by Gasteiger charge is 2.24. The highest BCUT2D eigenvalue weighted by Crippen LogP contribution is 2.15. The van der Waals surface area contributed by atoms with E-state index in [4.69, 9.17) is 0 Å². The van der Waals surface area contributed by atoms with Gasteiger partial charge in [-0.2, -0.15) is 0 Å². The van der Waals surface area contributed by atoms with E-state index < -0.39 is 0 Å². The van der Waals surface area contributed by atoms with Gasteiger partial charge in [0.25, 0.3) is 0 Å². The molecule has 0 bridgehead atoms. The third kappa shape index (κ3) is 2.22. The number of ether oxygens (including phenoxy) is 1. The van der Waals surface area contributed by atoms with Gasteiger partial charge in [-0.1, -0.05) is 0 Å². The Balaban J connectivity index is 2.51. The number of carbonyl (C=O) groups is 2. The second-order valence-corrected chi connectivity index (χ2v) is 2.92. The Kier molecular flexibility index (Phi) is 3.08. The SMILES string of the molecule is COC(=O)[C@H]1CCCNC(=O)C1. The van der Waals surface area contributed by atoms with Crippen molar-refractivity contribution < 1.29 is 14.3 Å². The maximum Gasteiger partial charge on any atom is 0.309 e. The van der Waals surface area contributed by atoms with Crippen LogP contribution >= 0.6 is 0 Å². The lowest BCUT2D eigenvalue weighted by molar-refractivity contribution is -0.147. The topological polar surface area (TPSA) is 55.4 Å². The van der Waals surface area contributed by atoms with Crippen molar-refractivity contribution >= 4 is 11.9 Å². The molecule has 0 saturated carbocycles. The molecular formula is C8H13NO3. The summed E-state index contributed by atoms with van der Waals surface area (Å²) in [6.07, 6.45) is 1.86. The van der Waals surface area contributed by atoms with Crippen LogP contribution in [0.15, 0.2) is 0 Å². The first-order chi connectivity index (χ1) is 5.74. The van der Waals surface area contributed by atoms with Crippen LogP contribution in [-0.2, 0) is 14.3 Å². The van der Waals surface area contributed by atoms with E-state index in [1.54, 1.807) is 0 Å². The molecule has 1 heterocycles. The maximum absolute atomic E-state index is 11.1. The molecule has 1 amide bonds. The Morgan fingerprint density at radius 3 is 3.08 bits per heavy atom. The summed E-state index contributed by atoms with van der Waals surface area (Å²) in [6, 6.07) is 0. The van der Waals surface area contributed by atoms with Crippen LogP contribution in [-0.4, -0.2) is 25.5 Å². The Bertz CT molecular complexity index is 191. The van der Waals surface area contributed by atoms with E-state index >= 15 is 0 Å². The van der Waals surface area contributed by atoms with Crippen molar-refractivity contribution in [2.24, 2.45) is 5.92 Å². The molecule has 1 aliphatic heterocycles. The summed E-state index contributed by atoms with van der Waals surface area (Å²) in [5.74, 6) is -0.563.